The third-order valence-electron chi connectivity index (χ3n) is 6.21. The van der Waals surface area contributed by atoms with E-state index in [2.05, 4.69) is 39.7 Å². The summed E-state index contributed by atoms with van der Waals surface area (Å²) in [6.45, 7) is 7.23. The second kappa shape index (κ2) is 10.3. The number of carbonyl (C=O) groups is 1. The van der Waals surface area contributed by atoms with Gasteiger partial charge in [0.05, 0.1) is 29.8 Å². The van der Waals surface area contributed by atoms with Gasteiger partial charge in [-0.3, -0.25) is 0 Å². The Bertz CT molecular complexity index is 1420. The van der Waals surface area contributed by atoms with Crippen LogP contribution >= 0.6 is 0 Å². The zero-order chi connectivity index (χ0) is 25.9. The number of benzene rings is 1. The molecular formula is C27H30N8O2. The van der Waals surface area contributed by atoms with Gasteiger partial charge >= 0.3 is 5.97 Å². The lowest BCUT2D eigenvalue weighted by molar-refractivity contribution is -0.138. The molecule has 0 spiro atoms. The molecule has 2 N–H and O–H groups in total. The maximum absolute atomic E-state index is 11.6. The molecule has 1 atom stereocenters. The zero-order valence-electron chi connectivity index (χ0n) is 21.2. The van der Waals surface area contributed by atoms with Gasteiger partial charge in [-0.25, -0.2) is 24.4 Å². The van der Waals surface area contributed by atoms with Crippen LogP contribution in [0.4, 0.5) is 11.8 Å². The Morgan fingerprint density at radius 3 is 2.68 bits per heavy atom. The lowest BCUT2D eigenvalue weighted by Gasteiger charge is -2.22. The van der Waals surface area contributed by atoms with E-state index in [4.69, 9.17) is 9.97 Å². The molecule has 0 amide bonds. The van der Waals surface area contributed by atoms with Gasteiger partial charge in [-0.15, -0.1) is 5.10 Å². The van der Waals surface area contributed by atoms with Gasteiger partial charge in [-0.2, -0.15) is 0 Å². The molecule has 1 fully saturated rings. The molecule has 3 aromatic heterocycles. The Kier molecular flexibility index (Phi) is 6.80. The van der Waals surface area contributed by atoms with Crippen LogP contribution in [0.15, 0.2) is 54.7 Å². The molecule has 10 nitrogen and oxygen atoms in total. The highest BCUT2D eigenvalue weighted by Crippen LogP contribution is 2.26. The van der Waals surface area contributed by atoms with Crippen LogP contribution in [0.2, 0.25) is 0 Å². The van der Waals surface area contributed by atoms with E-state index in [1.807, 2.05) is 61.3 Å². The third-order valence-corrected chi connectivity index (χ3v) is 6.21. The average Bonchev–Trinajstić information content (AvgIpc) is 3.54. The van der Waals surface area contributed by atoms with E-state index in [1.165, 1.54) is 0 Å². The molecule has 1 aliphatic rings. The molecule has 1 aromatic carbocycles. The first-order chi connectivity index (χ1) is 17.9. The molecule has 1 saturated heterocycles. The summed E-state index contributed by atoms with van der Waals surface area (Å²) in [7, 11) is 0. The van der Waals surface area contributed by atoms with Crippen LogP contribution in [0.1, 0.15) is 37.9 Å². The van der Waals surface area contributed by atoms with Gasteiger partial charge < -0.3 is 15.3 Å². The number of rotatable bonds is 8. The van der Waals surface area contributed by atoms with Crippen molar-refractivity contribution in [1.82, 2.24) is 29.9 Å². The number of aliphatic carboxylic acids is 1. The number of nitrogens with one attached hydrogen (secondary N) is 1. The second-order valence-electron chi connectivity index (χ2n) is 9.61. The standard InChI is InChI=1S/C27H30N8O2/c1-17(2)28-27-30-21(19-8-4-7-18(3)13-19)14-22(31-27)23-16-34(33-32-23)15-20-9-5-11-25(29-20)35-12-6-10-24(35)26(36)37/h4-5,7-9,11,13-14,16-17,24H,6,10,12,15H2,1-3H3,(H,36,37)(H,28,30,31)/t24-/m0/s1. The fourth-order valence-electron chi connectivity index (χ4n) is 4.53. The number of hydrogen-bond donors (Lipinski definition) is 2. The van der Waals surface area contributed by atoms with Crippen molar-refractivity contribution in [1.29, 1.82) is 0 Å². The van der Waals surface area contributed by atoms with Crippen LogP contribution in [-0.2, 0) is 11.3 Å². The van der Waals surface area contributed by atoms with Crippen molar-refractivity contribution in [2.24, 2.45) is 0 Å². The van der Waals surface area contributed by atoms with Crippen molar-refractivity contribution in [3.63, 3.8) is 0 Å². The van der Waals surface area contributed by atoms with Gasteiger partial charge in [0.1, 0.15) is 17.6 Å². The number of anilines is 2. The first-order valence-corrected chi connectivity index (χ1v) is 12.4. The Morgan fingerprint density at radius 2 is 1.89 bits per heavy atom. The monoisotopic (exact) mass is 498 g/mol. The quantitative estimate of drug-likeness (QED) is 0.371. The van der Waals surface area contributed by atoms with E-state index in [1.54, 1.807) is 4.68 Å². The number of nitrogens with zero attached hydrogens (tertiary/aromatic N) is 7. The zero-order valence-corrected chi connectivity index (χ0v) is 21.2. The molecule has 5 rings (SSSR count). The van der Waals surface area contributed by atoms with Crippen LogP contribution in [0.3, 0.4) is 0 Å². The van der Waals surface area contributed by atoms with Gasteiger partial charge in [0.15, 0.2) is 0 Å². The lowest BCUT2D eigenvalue weighted by Crippen LogP contribution is -2.36. The normalized spacial score (nSPS) is 15.4. The first kappa shape index (κ1) is 24.4. The summed E-state index contributed by atoms with van der Waals surface area (Å²) in [6.07, 6.45) is 3.31. The number of hydrogen-bond acceptors (Lipinski definition) is 8. The van der Waals surface area contributed by atoms with Gasteiger partial charge in [-0.05, 0) is 57.9 Å². The molecule has 10 heteroatoms. The molecule has 4 heterocycles. The first-order valence-electron chi connectivity index (χ1n) is 12.4. The highest BCUT2D eigenvalue weighted by Gasteiger charge is 2.31. The summed E-state index contributed by atoms with van der Waals surface area (Å²) in [5.41, 5.74) is 5.04. The number of aromatic nitrogens is 6. The number of carboxylic acid groups (broad SMARTS) is 1. The average molecular weight is 499 g/mol. The minimum Gasteiger partial charge on any atom is -0.480 e. The Morgan fingerprint density at radius 1 is 1.08 bits per heavy atom. The highest BCUT2D eigenvalue weighted by molar-refractivity contribution is 5.78. The van der Waals surface area contributed by atoms with Gasteiger partial charge in [0.25, 0.3) is 0 Å². The molecule has 0 bridgehead atoms. The maximum atomic E-state index is 11.6. The van der Waals surface area contributed by atoms with E-state index in [0.717, 1.165) is 28.9 Å². The van der Waals surface area contributed by atoms with Crippen molar-refractivity contribution in [3.8, 4) is 22.6 Å². The lowest BCUT2D eigenvalue weighted by atomic mass is 10.1. The molecule has 0 radical (unpaired) electrons. The molecule has 4 aromatic rings. The number of carboxylic acids is 1. The molecule has 0 saturated carbocycles. The van der Waals surface area contributed by atoms with Gasteiger partial charge in [0.2, 0.25) is 5.95 Å². The molecule has 0 aliphatic carbocycles. The van der Waals surface area contributed by atoms with Crippen LogP contribution in [-0.4, -0.2) is 59.7 Å². The number of aryl methyl sites for hydroxylation is 1. The van der Waals surface area contributed by atoms with E-state index in [9.17, 15) is 9.90 Å². The molecule has 37 heavy (non-hydrogen) atoms. The van der Waals surface area contributed by atoms with Crippen LogP contribution in [0, 0.1) is 6.92 Å². The summed E-state index contributed by atoms with van der Waals surface area (Å²) in [4.78, 5) is 27.6. The van der Waals surface area contributed by atoms with Gasteiger partial charge in [0, 0.05) is 18.2 Å². The molecule has 0 unspecified atom stereocenters. The fraction of sp³-hybridized carbons (Fsp3) is 0.333. The summed E-state index contributed by atoms with van der Waals surface area (Å²) < 4.78 is 1.71. The number of pyridine rings is 1. The van der Waals surface area contributed by atoms with Crippen molar-refractivity contribution in [3.05, 3.63) is 66.0 Å². The van der Waals surface area contributed by atoms with E-state index >= 15 is 0 Å². The Hall–Kier alpha value is -4.34. The SMILES string of the molecule is Cc1cccc(-c2cc(-c3cn(Cc4cccc(N5CCC[C@H]5C(=O)O)n4)nn3)nc(NC(C)C)n2)c1. The third kappa shape index (κ3) is 5.58. The van der Waals surface area contributed by atoms with Crippen molar-refractivity contribution in [2.45, 2.75) is 52.2 Å². The minimum absolute atomic E-state index is 0.172. The van der Waals surface area contributed by atoms with Crippen molar-refractivity contribution >= 4 is 17.7 Å². The summed E-state index contributed by atoms with van der Waals surface area (Å²) in [5, 5.41) is 21.5. The van der Waals surface area contributed by atoms with Crippen LogP contribution < -0.4 is 10.2 Å². The molecule has 190 valence electrons. The Balaban J connectivity index is 1.41. The summed E-state index contributed by atoms with van der Waals surface area (Å²) in [5.74, 6) is 0.393. The summed E-state index contributed by atoms with van der Waals surface area (Å²) >= 11 is 0. The molecular weight excluding hydrogens is 468 g/mol. The predicted molar refractivity (Wildman–Crippen MR) is 141 cm³/mol. The van der Waals surface area contributed by atoms with E-state index in [0.29, 0.717) is 42.7 Å². The van der Waals surface area contributed by atoms with Crippen LogP contribution in [0.25, 0.3) is 22.6 Å². The highest BCUT2D eigenvalue weighted by atomic mass is 16.4. The predicted octanol–water partition coefficient (Wildman–Crippen LogP) is 4.03. The minimum atomic E-state index is -0.813. The van der Waals surface area contributed by atoms with E-state index in [-0.39, 0.29) is 6.04 Å². The Labute approximate surface area is 215 Å². The largest absolute Gasteiger partial charge is 0.480 e. The van der Waals surface area contributed by atoms with E-state index < -0.39 is 12.0 Å². The molecule has 1 aliphatic heterocycles. The fourth-order valence-corrected chi connectivity index (χ4v) is 4.53. The van der Waals surface area contributed by atoms with Crippen molar-refractivity contribution in [2.75, 3.05) is 16.8 Å². The summed E-state index contributed by atoms with van der Waals surface area (Å²) in [6, 6.07) is 15.4. The second-order valence-corrected chi connectivity index (χ2v) is 9.61. The van der Waals surface area contributed by atoms with Crippen molar-refractivity contribution < 1.29 is 9.90 Å². The van der Waals surface area contributed by atoms with Gasteiger partial charge in [-0.1, -0.05) is 35.0 Å². The topological polar surface area (TPSA) is 122 Å². The van der Waals surface area contributed by atoms with Crippen LogP contribution in [0.5, 0.6) is 0 Å². The smallest absolute Gasteiger partial charge is 0.326 e. The maximum Gasteiger partial charge on any atom is 0.326 e.